The van der Waals surface area contributed by atoms with Crippen LogP contribution in [0.25, 0.3) is 4.85 Å². The highest BCUT2D eigenvalue weighted by atomic mass is 16.5. The highest BCUT2D eigenvalue weighted by molar-refractivity contribution is 5.23. The molecule has 1 atom stereocenters. The van der Waals surface area contributed by atoms with Gasteiger partial charge in [0.25, 0.3) is 0 Å². The van der Waals surface area contributed by atoms with Gasteiger partial charge in [-0.05, 0) is 17.4 Å². The molecular weight excluding hydrogens is 262 g/mol. The van der Waals surface area contributed by atoms with Crippen LogP contribution in [0, 0.1) is 6.57 Å². The van der Waals surface area contributed by atoms with Gasteiger partial charge in [-0.1, -0.05) is 26.8 Å². The Balaban J connectivity index is 1.68. The van der Waals surface area contributed by atoms with Crippen LogP contribution in [-0.4, -0.2) is 42.2 Å². The van der Waals surface area contributed by atoms with Crippen molar-refractivity contribution in [1.82, 2.24) is 9.88 Å². The molecule has 2 rings (SSSR count). The lowest BCUT2D eigenvalue weighted by Crippen LogP contribution is -2.23. The Morgan fingerprint density at radius 3 is 2.81 bits per heavy atom. The Morgan fingerprint density at radius 1 is 1.43 bits per heavy atom. The van der Waals surface area contributed by atoms with Gasteiger partial charge in [-0.15, -0.1) is 0 Å². The van der Waals surface area contributed by atoms with E-state index in [0.717, 1.165) is 32.5 Å². The predicted octanol–water partition coefficient (Wildman–Crippen LogP) is 3.14. The van der Waals surface area contributed by atoms with Crippen LogP contribution < -0.4 is 4.74 Å². The van der Waals surface area contributed by atoms with Gasteiger partial charge >= 0.3 is 0 Å². The maximum absolute atomic E-state index is 7.04. The van der Waals surface area contributed by atoms with E-state index in [4.69, 9.17) is 11.3 Å². The minimum atomic E-state index is 0.126. The summed E-state index contributed by atoms with van der Waals surface area (Å²) in [6.45, 7) is 17.2. The molecule has 0 unspecified atom stereocenters. The van der Waals surface area contributed by atoms with Gasteiger partial charge in [0.2, 0.25) is 11.9 Å². The monoisotopic (exact) mass is 287 g/mol. The highest BCUT2D eigenvalue weighted by Crippen LogP contribution is 2.22. The normalized spacial score (nSPS) is 19.4. The molecule has 1 aromatic rings. The van der Waals surface area contributed by atoms with Gasteiger partial charge in [0.05, 0.1) is 13.2 Å². The molecule has 114 valence electrons. The third-order valence-corrected chi connectivity index (χ3v) is 3.90. The van der Waals surface area contributed by atoms with Crippen LogP contribution in [0.4, 0.5) is 0 Å². The fourth-order valence-electron chi connectivity index (χ4n) is 2.49. The minimum absolute atomic E-state index is 0.126. The van der Waals surface area contributed by atoms with Gasteiger partial charge in [-0.2, -0.15) is 0 Å². The Bertz CT molecular complexity index is 484. The molecule has 0 amide bonds. The Hall–Kier alpha value is -1.60. The molecule has 21 heavy (non-hydrogen) atoms. The van der Waals surface area contributed by atoms with Gasteiger partial charge in [-0.25, -0.2) is 11.6 Å². The molecule has 0 saturated carbocycles. The average Bonchev–Trinajstić information content (AvgIpc) is 2.91. The van der Waals surface area contributed by atoms with Crippen molar-refractivity contribution in [2.45, 2.75) is 45.1 Å². The molecule has 1 aliphatic rings. The fourth-order valence-corrected chi connectivity index (χ4v) is 2.49. The minimum Gasteiger partial charge on any atom is -0.478 e. The van der Waals surface area contributed by atoms with Crippen LogP contribution >= 0.6 is 0 Å². The average molecular weight is 287 g/mol. The lowest BCUT2D eigenvalue weighted by Gasteiger charge is -2.18. The lowest BCUT2D eigenvalue weighted by molar-refractivity contribution is 0.256. The number of hydrogen-bond donors (Lipinski definition) is 0. The first-order valence-corrected chi connectivity index (χ1v) is 7.67. The first-order chi connectivity index (χ1) is 9.99. The van der Waals surface area contributed by atoms with Crippen molar-refractivity contribution in [2.75, 3.05) is 26.2 Å². The number of likely N-dealkylation sites (tertiary alicyclic amines) is 1. The van der Waals surface area contributed by atoms with Gasteiger partial charge in [0, 0.05) is 31.8 Å². The molecule has 4 heteroatoms. The van der Waals surface area contributed by atoms with Crippen molar-refractivity contribution in [3.8, 4) is 5.88 Å². The SMILES string of the molecule is [C-]#[N+][C@H]1CCN(CCCOc2ccc(C(C)(C)C)cn2)C1. The molecule has 0 spiro atoms. The summed E-state index contributed by atoms with van der Waals surface area (Å²) >= 11 is 0. The van der Waals surface area contributed by atoms with E-state index in [-0.39, 0.29) is 11.5 Å². The first-order valence-electron chi connectivity index (χ1n) is 7.67. The summed E-state index contributed by atoms with van der Waals surface area (Å²) in [7, 11) is 0. The maximum Gasteiger partial charge on any atom is 0.237 e. The van der Waals surface area contributed by atoms with Gasteiger partial charge < -0.3 is 9.58 Å². The van der Waals surface area contributed by atoms with E-state index in [1.807, 2.05) is 12.3 Å². The van der Waals surface area contributed by atoms with E-state index in [1.54, 1.807) is 0 Å². The van der Waals surface area contributed by atoms with Crippen molar-refractivity contribution >= 4 is 0 Å². The van der Waals surface area contributed by atoms with E-state index in [9.17, 15) is 0 Å². The fraction of sp³-hybridized carbons (Fsp3) is 0.647. The van der Waals surface area contributed by atoms with Gasteiger partial charge in [-0.3, -0.25) is 4.90 Å². The van der Waals surface area contributed by atoms with Crippen molar-refractivity contribution in [3.05, 3.63) is 35.3 Å². The third kappa shape index (κ3) is 4.71. The summed E-state index contributed by atoms with van der Waals surface area (Å²) in [6.07, 6.45) is 3.89. The predicted molar refractivity (Wildman–Crippen MR) is 84.5 cm³/mol. The molecule has 1 aromatic heterocycles. The molecule has 4 nitrogen and oxygen atoms in total. The second-order valence-corrected chi connectivity index (χ2v) is 6.71. The molecule has 0 N–H and O–H groups in total. The number of pyridine rings is 1. The van der Waals surface area contributed by atoms with E-state index >= 15 is 0 Å². The number of rotatable bonds is 5. The van der Waals surface area contributed by atoms with Crippen LogP contribution in [0.1, 0.15) is 39.2 Å². The molecule has 0 aromatic carbocycles. The summed E-state index contributed by atoms with van der Waals surface area (Å²) in [5, 5.41) is 0. The standard InChI is InChI=1S/C17H25N3O/c1-17(2,3)14-6-7-16(19-12-14)21-11-5-9-20-10-8-15(13-20)18-4/h6-7,12,15H,5,8-11,13H2,1-3H3/t15-/m0/s1. The lowest BCUT2D eigenvalue weighted by atomic mass is 9.88. The topological polar surface area (TPSA) is 29.7 Å². The zero-order chi connectivity index (χ0) is 15.3. The molecule has 0 bridgehead atoms. The zero-order valence-electron chi connectivity index (χ0n) is 13.3. The molecule has 1 saturated heterocycles. The highest BCUT2D eigenvalue weighted by Gasteiger charge is 2.25. The number of nitrogens with zero attached hydrogens (tertiary/aromatic N) is 3. The van der Waals surface area contributed by atoms with Crippen molar-refractivity contribution in [2.24, 2.45) is 0 Å². The smallest absolute Gasteiger partial charge is 0.237 e. The summed E-state index contributed by atoms with van der Waals surface area (Å²) in [4.78, 5) is 10.3. The Morgan fingerprint density at radius 2 is 2.24 bits per heavy atom. The Kier molecular flexibility index (Phi) is 5.19. The van der Waals surface area contributed by atoms with E-state index in [2.05, 4.69) is 41.6 Å². The second-order valence-electron chi connectivity index (χ2n) is 6.71. The molecule has 1 fully saturated rings. The third-order valence-electron chi connectivity index (χ3n) is 3.90. The number of ether oxygens (including phenoxy) is 1. The number of aromatic nitrogens is 1. The van der Waals surface area contributed by atoms with Gasteiger partial charge in [0.15, 0.2) is 0 Å². The largest absolute Gasteiger partial charge is 0.478 e. The quantitative estimate of drug-likeness (QED) is 0.615. The molecule has 1 aliphatic heterocycles. The van der Waals surface area contributed by atoms with Crippen LogP contribution in [0.3, 0.4) is 0 Å². The first kappa shape index (κ1) is 15.8. The molecule has 0 radical (unpaired) electrons. The van der Waals surface area contributed by atoms with Crippen LogP contribution in [0.2, 0.25) is 0 Å². The van der Waals surface area contributed by atoms with Crippen molar-refractivity contribution in [1.29, 1.82) is 0 Å². The summed E-state index contributed by atoms with van der Waals surface area (Å²) in [5.41, 5.74) is 1.35. The summed E-state index contributed by atoms with van der Waals surface area (Å²) < 4.78 is 5.69. The number of hydrogen-bond acceptors (Lipinski definition) is 3. The van der Waals surface area contributed by atoms with Crippen molar-refractivity contribution in [3.63, 3.8) is 0 Å². The van der Waals surface area contributed by atoms with E-state index in [1.165, 1.54) is 5.56 Å². The van der Waals surface area contributed by atoms with E-state index in [0.29, 0.717) is 12.5 Å². The summed E-state index contributed by atoms with van der Waals surface area (Å²) in [5.74, 6) is 0.698. The summed E-state index contributed by atoms with van der Waals surface area (Å²) in [6, 6.07) is 4.24. The van der Waals surface area contributed by atoms with Gasteiger partial charge in [0.1, 0.15) is 0 Å². The maximum atomic E-state index is 7.04. The van der Waals surface area contributed by atoms with Crippen LogP contribution in [0.5, 0.6) is 5.88 Å². The van der Waals surface area contributed by atoms with Crippen molar-refractivity contribution < 1.29 is 4.74 Å². The second kappa shape index (κ2) is 6.91. The Labute approximate surface area is 128 Å². The van der Waals surface area contributed by atoms with Crippen LogP contribution in [-0.2, 0) is 5.41 Å². The zero-order valence-corrected chi connectivity index (χ0v) is 13.3. The molecule has 0 aliphatic carbocycles. The van der Waals surface area contributed by atoms with Crippen LogP contribution in [0.15, 0.2) is 18.3 Å². The molecular formula is C17H25N3O. The van der Waals surface area contributed by atoms with E-state index < -0.39 is 0 Å². The molecule has 2 heterocycles.